The van der Waals surface area contributed by atoms with Crippen molar-refractivity contribution in [1.29, 1.82) is 0 Å². The van der Waals surface area contributed by atoms with E-state index < -0.39 is 0 Å². The minimum atomic E-state index is 1.06. The molecule has 1 heterocycles. The lowest BCUT2D eigenvalue weighted by Gasteiger charge is -2.10. The number of pyridine rings is 1. The Kier molecular flexibility index (Phi) is 2.25. The quantitative estimate of drug-likeness (QED) is 0.379. The van der Waals surface area contributed by atoms with Gasteiger partial charge in [-0.05, 0) is 52.8 Å². The molecule has 0 bridgehead atoms. The summed E-state index contributed by atoms with van der Waals surface area (Å²) in [6.45, 7) is 2.24. The summed E-state index contributed by atoms with van der Waals surface area (Å²) in [4.78, 5) is 0. The fraction of sp³-hybridized carbons (Fsp3) is 0.190. The third-order valence-electron chi connectivity index (χ3n) is 5.25. The van der Waals surface area contributed by atoms with Crippen LogP contribution in [0.1, 0.15) is 27.8 Å². The van der Waals surface area contributed by atoms with Crippen molar-refractivity contribution in [2.45, 2.75) is 19.8 Å². The molecule has 0 saturated carbocycles. The topological polar surface area (TPSA) is 3.88 Å². The van der Waals surface area contributed by atoms with Crippen molar-refractivity contribution in [1.82, 2.24) is 0 Å². The van der Waals surface area contributed by atoms with E-state index >= 15 is 0 Å². The van der Waals surface area contributed by atoms with Gasteiger partial charge in [0.05, 0.1) is 5.56 Å². The predicted octanol–water partition coefficient (Wildman–Crippen LogP) is 3.96. The fourth-order valence-corrected chi connectivity index (χ4v) is 4.33. The van der Waals surface area contributed by atoms with E-state index in [0.717, 1.165) is 12.8 Å². The molecule has 0 spiro atoms. The van der Waals surface area contributed by atoms with Gasteiger partial charge in [0.25, 0.3) is 0 Å². The standard InChI is InChI=1S/C21H18N/c1-13-5-3-6-14-11-15-8-9-16-12-17-7-4-10-22(2)21(17)20(16)19(15)18(13)14/h3-10H,11-12H2,1-2H3/q+1. The highest BCUT2D eigenvalue weighted by molar-refractivity contribution is 5.94. The molecule has 0 aliphatic heterocycles. The molecule has 0 amide bonds. The van der Waals surface area contributed by atoms with E-state index in [9.17, 15) is 0 Å². The molecule has 3 aromatic rings. The number of rotatable bonds is 0. The van der Waals surface area contributed by atoms with Gasteiger partial charge in [-0.1, -0.05) is 30.3 Å². The summed E-state index contributed by atoms with van der Waals surface area (Å²) in [6.07, 6.45) is 4.31. The van der Waals surface area contributed by atoms with Crippen LogP contribution < -0.4 is 4.57 Å². The highest BCUT2D eigenvalue weighted by Gasteiger charge is 2.33. The first-order valence-electron chi connectivity index (χ1n) is 7.95. The van der Waals surface area contributed by atoms with Crippen molar-refractivity contribution in [3.63, 3.8) is 0 Å². The Morgan fingerprint density at radius 1 is 0.727 bits per heavy atom. The zero-order chi connectivity index (χ0) is 14.8. The van der Waals surface area contributed by atoms with Crippen LogP contribution in [0.3, 0.4) is 0 Å². The van der Waals surface area contributed by atoms with Crippen LogP contribution in [0.25, 0.3) is 22.4 Å². The maximum absolute atomic E-state index is 2.35. The lowest BCUT2D eigenvalue weighted by atomic mass is 9.93. The average Bonchev–Trinajstić information content (AvgIpc) is 3.05. The van der Waals surface area contributed by atoms with E-state index in [0.29, 0.717) is 0 Å². The molecule has 0 fully saturated rings. The van der Waals surface area contributed by atoms with Crippen LogP contribution >= 0.6 is 0 Å². The molecule has 2 aliphatic carbocycles. The third-order valence-corrected chi connectivity index (χ3v) is 5.25. The lowest BCUT2D eigenvalue weighted by Crippen LogP contribution is -2.30. The average molecular weight is 284 g/mol. The number of hydrogen-bond acceptors (Lipinski definition) is 0. The molecule has 22 heavy (non-hydrogen) atoms. The van der Waals surface area contributed by atoms with Crippen molar-refractivity contribution in [2.75, 3.05) is 0 Å². The van der Waals surface area contributed by atoms with Gasteiger partial charge < -0.3 is 0 Å². The second-order valence-electron chi connectivity index (χ2n) is 6.59. The maximum atomic E-state index is 2.35. The SMILES string of the molecule is Cc1cccc2c1-c1c(ccc3c1-c1c(ccc[n+]1C)C3)C2. The molecule has 1 heteroatoms. The molecule has 1 nitrogen and oxygen atoms in total. The number of benzene rings is 2. The smallest absolute Gasteiger partial charge is 0.201 e. The first-order valence-corrected chi connectivity index (χ1v) is 7.95. The van der Waals surface area contributed by atoms with Gasteiger partial charge in [0.1, 0.15) is 7.05 Å². The molecule has 0 unspecified atom stereocenters. The molecule has 2 aromatic carbocycles. The number of hydrogen-bond donors (Lipinski definition) is 0. The van der Waals surface area contributed by atoms with Gasteiger partial charge in [0, 0.05) is 18.1 Å². The van der Waals surface area contributed by atoms with E-state index in [-0.39, 0.29) is 0 Å². The number of aryl methyl sites for hydroxylation is 2. The van der Waals surface area contributed by atoms with Crippen LogP contribution in [-0.2, 0) is 19.9 Å². The lowest BCUT2D eigenvalue weighted by molar-refractivity contribution is -0.660. The van der Waals surface area contributed by atoms with Gasteiger partial charge in [-0.3, -0.25) is 0 Å². The summed E-state index contributed by atoms with van der Waals surface area (Å²) in [5, 5.41) is 0. The summed E-state index contributed by atoms with van der Waals surface area (Å²) < 4.78 is 2.29. The molecule has 0 atom stereocenters. The molecular formula is C21H18N+. The van der Waals surface area contributed by atoms with Crippen molar-refractivity contribution < 1.29 is 4.57 Å². The minimum absolute atomic E-state index is 1.06. The zero-order valence-corrected chi connectivity index (χ0v) is 13.0. The summed E-state index contributed by atoms with van der Waals surface area (Å²) in [5.41, 5.74) is 13.2. The molecule has 0 radical (unpaired) electrons. The first-order chi connectivity index (χ1) is 10.7. The van der Waals surface area contributed by atoms with Crippen molar-refractivity contribution in [3.05, 3.63) is 76.5 Å². The minimum Gasteiger partial charge on any atom is -0.201 e. The van der Waals surface area contributed by atoms with Gasteiger partial charge in [-0.2, -0.15) is 0 Å². The molecule has 0 N–H and O–H groups in total. The van der Waals surface area contributed by atoms with Crippen molar-refractivity contribution in [3.8, 4) is 22.4 Å². The number of fused-ring (bicyclic) bond motifs is 7. The Morgan fingerprint density at radius 3 is 2.27 bits per heavy atom. The van der Waals surface area contributed by atoms with E-state index in [1.165, 1.54) is 50.2 Å². The van der Waals surface area contributed by atoms with Crippen LogP contribution in [0.4, 0.5) is 0 Å². The second kappa shape index (κ2) is 4.07. The van der Waals surface area contributed by atoms with E-state index in [2.05, 4.69) is 67.2 Å². The Bertz CT molecular complexity index is 872. The van der Waals surface area contributed by atoms with Crippen LogP contribution in [0, 0.1) is 6.92 Å². The molecule has 2 aliphatic rings. The third kappa shape index (κ3) is 1.41. The number of aromatic nitrogens is 1. The first kappa shape index (κ1) is 12.2. The normalized spacial score (nSPS) is 13.5. The van der Waals surface area contributed by atoms with Crippen LogP contribution in [0.15, 0.2) is 48.7 Å². The van der Waals surface area contributed by atoms with Crippen molar-refractivity contribution >= 4 is 0 Å². The van der Waals surface area contributed by atoms with Crippen LogP contribution in [-0.4, -0.2) is 0 Å². The largest absolute Gasteiger partial charge is 0.216 e. The van der Waals surface area contributed by atoms with E-state index in [1.54, 1.807) is 0 Å². The van der Waals surface area contributed by atoms with Crippen LogP contribution in [0.2, 0.25) is 0 Å². The van der Waals surface area contributed by atoms with E-state index in [4.69, 9.17) is 0 Å². The zero-order valence-electron chi connectivity index (χ0n) is 13.0. The van der Waals surface area contributed by atoms with Gasteiger partial charge in [-0.15, -0.1) is 0 Å². The summed E-state index contributed by atoms with van der Waals surface area (Å²) >= 11 is 0. The molecule has 1 aromatic heterocycles. The summed E-state index contributed by atoms with van der Waals surface area (Å²) in [7, 11) is 2.17. The Labute approximate surface area is 130 Å². The number of nitrogens with zero attached hydrogens (tertiary/aromatic N) is 1. The Morgan fingerprint density at radius 2 is 1.41 bits per heavy atom. The van der Waals surface area contributed by atoms with Gasteiger partial charge in [0.15, 0.2) is 6.20 Å². The molecule has 106 valence electrons. The Balaban J connectivity index is 1.92. The predicted molar refractivity (Wildman–Crippen MR) is 88.8 cm³/mol. The summed E-state index contributed by atoms with van der Waals surface area (Å²) in [5.74, 6) is 0. The monoisotopic (exact) mass is 284 g/mol. The van der Waals surface area contributed by atoms with Gasteiger partial charge in [-0.25, -0.2) is 4.57 Å². The van der Waals surface area contributed by atoms with Crippen LogP contribution in [0.5, 0.6) is 0 Å². The Hall–Kier alpha value is -2.41. The highest BCUT2D eigenvalue weighted by atomic mass is 14.9. The van der Waals surface area contributed by atoms with Crippen molar-refractivity contribution in [2.24, 2.45) is 7.05 Å². The fourth-order valence-electron chi connectivity index (χ4n) is 4.33. The maximum Gasteiger partial charge on any atom is 0.216 e. The highest BCUT2D eigenvalue weighted by Crippen LogP contribution is 2.48. The molecule has 0 saturated heterocycles. The van der Waals surface area contributed by atoms with E-state index in [1.807, 2.05) is 0 Å². The van der Waals surface area contributed by atoms with Gasteiger partial charge in [0.2, 0.25) is 5.69 Å². The van der Waals surface area contributed by atoms with Gasteiger partial charge >= 0.3 is 0 Å². The summed E-state index contributed by atoms with van der Waals surface area (Å²) in [6, 6.07) is 15.8. The molecule has 5 rings (SSSR count). The second-order valence-corrected chi connectivity index (χ2v) is 6.59. The molecular weight excluding hydrogens is 266 g/mol.